The van der Waals surface area contributed by atoms with Gasteiger partial charge in [-0.2, -0.15) is 20.2 Å². The summed E-state index contributed by atoms with van der Waals surface area (Å²) in [4.78, 5) is 21.1. The van der Waals surface area contributed by atoms with E-state index in [9.17, 15) is 5.26 Å². The molecule has 3 aliphatic heterocycles. The average Bonchev–Trinajstić information content (AvgIpc) is 3.40. The molecule has 1 aromatic carbocycles. The Morgan fingerprint density at radius 3 is 2.32 bits per heavy atom. The molecule has 0 aliphatic carbocycles. The summed E-state index contributed by atoms with van der Waals surface area (Å²) in [5.41, 5.74) is 2.46. The molecule has 2 aromatic rings. The monoisotopic (exact) mass is 476 g/mol. The van der Waals surface area contributed by atoms with Crippen LogP contribution in [0.5, 0.6) is 0 Å². The minimum atomic E-state index is 0.407. The molecule has 0 unspecified atom stereocenters. The zero-order chi connectivity index (χ0) is 23.3. The van der Waals surface area contributed by atoms with Gasteiger partial charge in [0.05, 0.1) is 23.9 Å². The number of nitriles is 1. The SMILES string of the molecule is CCN1CCN(c2nc(/C(C#N)=C3/NC(c4ccccc4)=CS3)nc(N3CCOCC3)n2)CC1. The van der Waals surface area contributed by atoms with Crippen LogP contribution in [0.25, 0.3) is 11.3 Å². The predicted octanol–water partition coefficient (Wildman–Crippen LogP) is 2.38. The van der Waals surface area contributed by atoms with Gasteiger partial charge in [0, 0.05) is 44.7 Å². The fourth-order valence-electron chi connectivity index (χ4n) is 4.16. The average molecular weight is 477 g/mol. The molecule has 0 saturated carbocycles. The van der Waals surface area contributed by atoms with Crippen LogP contribution in [0.4, 0.5) is 11.9 Å². The Balaban J connectivity index is 1.48. The molecule has 10 heteroatoms. The van der Waals surface area contributed by atoms with Crippen molar-refractivity contribution in [1.82, 2.24) is 25.2 Å². The van der Waals surface area contributed by atoms with E-state index in [0.717, 1.165) is 62.1 Å². The summed E-state index contributed by atoms with van der Waals surface area (Å²) in [7, 11) is 0. The molecule has 1 N–H and O–H groups in total. The number of hydrogen-bond donors (Lipinski definition) is 1. The molecule has 3 aliphatic rings. The number of thioether (sulfide) groups is 1. The van der Waals surface area contributed by atoms with Gasteiger partial charge in [-0.1, -0.05) is 49.0 Å². The largest absolute Gasteiger partial charge is 0.378 e. The van der Waals surface area contributed by atoms with Crippen LogP contribution in [-0.4, -0.2) is 78.9 Å². The van der Waals surface area contributed by atoms with E-state index in [1.807, 2.05) is 35.7 Å². The van der Waals surface area contributed by atoms with Crippen molar-refractivity contribution >= 4 is 34.9 Å². The topological polar surface area (TPSA) is 93.4 Å². The third-order valence-electron chi connectivity index (χ3n) is 6.20. The summed E-state index contributed by atoms with van der Waals surface area (Å²) in [6.07, 6.45) is 0. The summed E-state index contributed by atoms with van der Waals surface area (Å²) in [6.45, 7) is 9.59. The lowest BCUT2D eigenvalue weighted by Crippen LogP contribution is -2.47. The maximum Gasteiger partial charge on any atom is 0.230 e. The second kappa shape index (κ2) is 10.4. The molecule has 1 aromatic heterocycles. The first-order chi connectivity index (χ1) is 16.7. The Hall–Kier alpha value is -3.13. The Morgan fingerprint density at radius 1 is 1.00 bits per heavy atom. The molecule has 34 heavy (non-hydrogen) atoms. The van der Waals surface area contributed by atoms with Crippen LogP contribution in [-0.2, 0) is 4.74 Å². The Bertz CT molecular complexity index is 1120. The summed E-state index contributed by atoms with van der Waals surface area (Å²) < 4.78 is 5.52. The molecule has 9 nitrogen and oxygen atoms in total. The van der Waals surface area contributed by atoms with Gasteiger partial charge in [-0.15, -0.1) is 0 Å². The molecule has 0 bridgehead atoms. The zero-order valence-corrected chi connectivity index (χ0v) is 20.1. The van der Waals surface area contributed by atoms with Gasteiger partial charge in [-0.05, 0) is 12.1 Å². The van der Waals surface area contributed by atoms with E-state index >= 15 is 0 Å². The first kappa shape index (κ1) is 22.7. The number of piperazine rings is 1. The van der Waals surface area contributed by atoms with E-state index in [-0.39, 0.29) is 0 Å². The Labute approximate surface area is 204 Å². The maximum absolute atomic E-state index is 10.1. The van der Waals surface area contributed by atoms with Gasteiger partial charge in [-0.3, -0.25) is 0 Å². The Kier molecular flexibility index (Phi) is 6.94. The lowest BCUT2D eigenvalue weighted by Gasteiger charge is -2.34. The molecular weight excluding hydrogens is 448 g/mol. The van der Waals surface area contributed by atoms with Gasteiger partial charge in [0.1, 0.15) is 11.6 Å². The van der Waals surface area contributed by atoms with Crippen LogP contribution in [0, 0.1) is 11.3 Å². The standard InChI is InChI=1S/C24H28N8OS/c1-2-30-8-10-31(11-9-30)23-27-21(28-24(29-23)32-12-14-33-15-13-32)19(16-25)22-26-20(17-34-22)18-6-4-3-5-7-18/h3-7,17,26H,2,8-15H2,1H3/b22-19-. The number of nitrogens with one attached hydrogen (secondary N) is 1. The molecule has 5 rings (SSSR count). The number of morpholine rings is 1. The van der Waals surface area contributed by atoms with Crippen molar-refractivity contribution < 1.29 is 4.74 Å². The number of likely N-dealkylation sites (N-methyl/N-ethyl adjacent to an activating group) is 1. The van der Waals surface area contributed by atoms with Crippen molar-refractivity contribution in [3.63, 3.8) is 0 Å². The molecule has 0 spiro atoms. The van der Waals surface area contributed by atoms with E-state index in [1.54, 1.807) is 0 Å². The molecule has 0 atom stereocenters. The normalized spacial score (nSPS) is 20.5. The number of ether oxygens (including phenoxy) is 1. The van der Waals surface area contributed by atoms with Gasteiger partial charge in [0.15, 0.2) is 5.82 Å². The van der Waals surface area contributed by atoms with Crippen LogP contribution < -0.4 is 15.1 Å². The van der Waals surface area contributed by atoms with E-state index < -0.39 is 0 Å². The van der Waals surface area contributed by atoms with E-state index in [1.165, 1.54) is 11.8 Å². The molecular formula is C24H28N8OS. The first-order valence-corrected chi connectivity index (χ1v) is 12.5. The molecule has 0 amide bonds. The number of hydrogen-bond acceptors (Lipinski definition) is 10. The van der Waals surface area contributed by atoms with Crippen LogP contribution in [0.2, 0.25) is 0 Å². The third-order valence-corrected chi connectivity index (χ3v) is 7.09. The molecule has 2 saturated heterocycles. The van der Waals surface area contributed by atoms with E-state index in [2.05, 4.69) is 33.0 Å². The number of aromatic nitrogens is 3. The van der Waals surface area contributed by atoms with Gasteiger partial charge in [0.25, 0.3) is 0 Å². The van der Waals surface area contributed by atoms with Crippen LogP contribution >= 0.6 is 11.8 Å². The predicted molar refractivity (Wildman–Crippen MR) is 135 cm³/mol. The van der Waals surface area contributed by atoms with Crippen LogP contribution in [0.3, 0.4) is 0 Å². The minimum Gasteiger partial charge on any atom is -0.378 e. The van der Waals surface area contributed by atoms with Crippen molar-refractivity contribution in [2.24, 2.45) is 0 Å². The Morgan fingerprint density at radius 2 is 1.68 bits per heavy atom. The van der Waals surface area contributed by atoms with Gasteiger partial charge < -0.3 is 24.8 Å². The number of rotatable bonds is 5. The van der Waals surface area contributed by atoms with Crippen molar-refractivity contribution in [3.8, 4) is 6.07 Å². The van der Waals surface area contributed by atoms with Crippen molar-refractivity contribution in [2.45, 2.75) is 6.92 Å². The molecule has 0 radical (unpaired) electrons. The lowest BCUT2D eigenvalue weighted by molar-refractivity contribution is 0.122. The number of benzene rings is 1. The van der Waals surface area contributed by atoms with E-state index in [4.69, 9.17) is 19.7 Å². The lowest BCUT2D eigenvalue weighted by atomic mass is 10.2. The highest BCUT2D eigenvalue weighted by Gasteiger charge is 2.25. The summed E-state index contributed by atoms with van der Waals surface area (Å²) >= 11 is 1.49. The fraction of sp³-hybridized carbons (Fsp3) is 0.417. The fourth-order valence-corrected chi connectivity index (χ4v) is 5.01. The maximum atomic E-state index is 10.1. The highest BCUT2D eigenvalue weighted by molar-refractivity contribution is 8.06. The molecule has 4 heterocycles. The minimum absolute atomic E-state index is 0.407. The van der Waals surface area contributed by atoms with Gasteiger partial charge in [0.2, 0.25) is 11.9 Å². The molecule has 176 valence electrons. The van der Waals surface area contributed by atoms with Gasteiger partial charge >= 0.3 is 0 Å². The molecule has 2 fully saturated rings. The highest BCUT2D eigenvalue weighted by Crippen LogP contribution is 2.34. The van der Waals surface area contributed by atoms with E-state index in [0.29, 0.717) is 36.5 Å². The highest BCUT2D eigenvalue weighted by atomic mass is 32.2. The van der Waals surface area contributed by atoms with Crippen molar-refractivity contribution in [1.29, 1.82) is 5.26 Å². The smallest absolute Gasteiger partial charge is 0.230 e. The van der Waals surface area contributed by atoms with Crippen LogP contribution in [0.15, 0.2) is 40.8 Å². The van der Waals surface area contributed by atoms with Crippen LogP contribution in [0.1, 0.15) is 18.3 Å². The second-order valence-electron chi connectivity index (χ2n) is 8.24. The summed E-state index contributed by atoms with van der Waals surface area (Å²) in [5, 5.41) is 16.3. The quantitative estimate of drug-likeness (QED) is 0.648. The summed E-state index contributed by atoms with van der Waals surface area (Å²) in [5.74, 6) is 1.65. The third kappa shape index (κ3) is 4.87. The number of nitrogens with zero attached hydrogens (tertiary/aromatic N) is 7. The second-order valence-corrected chi connectivity index (χ2v) is 9.12. The number of anilines is 2. The van der Waals surface area contributed by atoms with Gasteiger partial charge in [-0.25, -0.2) is 0 Å². The first-order valence-electron chi connectivity index (χ1n) is 11.6. The number of allylic oxidation sites excluding steroid dienone is 1. The summed E-state index contributed by atoms with van der Waals surface area (Å²) in [6, 6.07) is 12.4. The van der Waals surface area contributed by atoms with Crippen molar-refractivity contribution in [2.75, 3.05) is 68.8 Å². The zero-order valence-electron chi connectivity index (χ0n) is 19.3. The van der Waals surface area contributed by atoms with Crippen molar-refractivity contribution in [3.05, 3.63) is 52.2 Å².